The molecule has 0 spiro atoms. The van der Waals surface area contributed by atoms with Crippen LogP contribution in [0.2, 0.25) is 0 Å². The van der Waals surface area contributed by atoms with Crippen molar-refractivity contribution in [3.8, 4) is 0 Å². The van der Waals surface area contributed by atoms with E-state index in [2.05, 4.69) is 4.98 Å². The molecule has 18 heavy (non-hydrogen) atoms. The first-order valence-electron chi connectivity index (χ1n) is 6.02. The molecule has 1 saturated heterocycles. The van der Waals surface area contributed by atoms with Gasteiger partial charge in [-0.2, -0.15) is 4.31 Å². The molecule has 1 atom stereocenters. The fourth-order valence-electron chi connectivity index (χ4n) is 2.00. The Bertz CT molecular complexity index is 469. The van der Waals surface area contributed by atoms with E-state index < -0.39 is 10.0 Å². The highest BCUT2D eigenvalue weighted by atomic mass is 32.2. The van der Waals surface area contributed by atoms with Gasteiger partial charge < -0.3 is 4.74 Å². The van der Waals surface area contributed by atoms with E-state index in [1.165, 1.54) is 10.6 Å². The summed E-state index contributed by atoms with van der Waals surface area (Å²) >= 11 is 0. The van der Waals surface area contributed by atoms with E-state index in [0.717, 1.165) is 25.1 Å². The first kappa shape index (κ1) is 13.5. The van der Waals surface area contributed by atoms with E-state index in [4.69, 9.17) is 4.74 Å². The molecule has 0 aromatic carbocycles. The van der Waals surface area contributed by atoms with Gasteiger partial charge in [0, 0.05) is 19.3 Å². The number of ether oxygens (including phenoxy) is 1. The SMILES string of the molecule is CS(=O)(=O)N(Cc1ccccn1)CC1CCCO1. The molecule has 1 aromatic heterocycles. The fraction of sp³-hybridized carbons (Fsp3) is 0.583. The van der Waals surface area contributed by atoms with Crippen LogP contribution >= 0.6 is 0 Å². The number of nitrogens with zero attached hydrogens (tertiary/aromatic N) is 2. The highest BCUT2D eigenvalue weighted by molar-refractivity contribution is 7.88. The highest BCUT2D eigenvalue weighted by Crippen LogP contribution is 2.16. The van der Waals surface area contributed by atoms with Crippen LogP contribution in [0.5, 0.6) is 0 Å². The molecule has 1 fully saturated rings. The maximum absolute atomic E-state index is 11.8. The van der Waals surface area contributed by atoms with E-state index in [0.29, 0.717) is 13.1 Å². The molecule has 0 aliphatic carbocycles. The standard InChI is InChI=1S/C12H18N2O3S/c1-18(15,16)14(10-12-6-4-8-17-12)9-11-5-2-3-7-13-11/h2-3,5,7,12H,4,6,8-10H2,1H3. The van der Waals surface area contributed by atoms with Crippen LogP contribution in [-0.2, 0) is 21.3 Å². The van der Waals surface area contributed by atoms with Crippen molar-refractivity contribution in [1.82, 2.24) is 9.29 Å². The van der Waals surface area contributed by atoms with Crippen molar-refractivity contribution in [1.29, 1.82) is 0 Å². The van der Waals surface area contributed by atoms with Crippen molar-refractivity contribution in [2.45, 2.75) is 25.5 Å². The Morgan fingerprint density at radius 2 is 2.33 bits per heavy atom. The normalized spacial score (nSPS) is 20.4. The topological polar surface area (TPSA) is 59.5 Å². The van der Waals surface area contributed by atoms with Gasteiger partial charge in [-0.1, -0.05) is 6.07 Å². The zero-order valence-corrected chi connectivity index (χ0v) is 11.3. The van der Waals surface area contributed by atoms with Gasteiger partial charge in [-0.25, -0.2) is 8.42 Å². The third-order valence-electron chi connectivity index (χ3n) is 2.96. The Labute approximate surface area is 108 Å². The zero-order valence-electron chi connectivity index (χ0n) is 10.4. The number of pyridine rings is 1. The fourth-order valence-corrected chi connectivity index (χ4v) is 2.81. The van der Waals surface area contributed by atoms with Gasteiger partial charge in [-0.15, -0.1) is 0 Å². The lowest BCUT2D eigenvalue weighted by atomic mass is 10.2. The summed E-state index contributed by atoms with van der Waals surface area (Å²) in [7, 11) is -3.24. The molecular formula is C12H18N2O3S. The largest absolute Gasteiger partial charge is 0.377 e. The summed E-state index contributed by atoms with van der Waals surface area (Å²) in [5.74, 6) is 0. The van der Waals surface area contributed by atoms with Crippen LogP contribution in [0.15, 0.2) is 24.4 Å². The molecule has 6 heteroatoms. The van der Waals surface area contributed by atoms with E-state index in [1.807, 2.05) is 18.2 Å². The quantitative estimate of drug-likeness (QED) is 0.801. The number of sulfonamides is 1. The van der Waals surface area contributed by atoms with Crippen LogP contribution in [0.4, 0.5) is 0 Å². The molecule has 100 valence electrons. The molecule has 1 aliphatic rings. The van der Waals surface area contributed by atoms with Crippen molar-refractivity contribution in [3.05, 3.63) is 30.1 Å². The lowest BCUT2D eigenvalue weighted by Crippen LogP contribution is -2.36. The van der Waals surface area contributed by atoms with Crippen molar-refractivity contribution in [2.75, 3.05) is 19.4 Å². The van der Waals surface area contributed by atoms with Crippen LogP contribution in [-0.4, -0.2) is 43.2 Å². The summed E-state index contributed by atoms with van der Waals surface area (Å²) < 4.78 is 30.5. The number of hydrogen-bond acceptors (Lipinski definition) is 4. The molecule has 2 heterocycles. The Balaban J connectivity index is 2.06. The first-order chi connectivity index (χ1) is 8.55. The lowest BCUT2D eigenvalue weighted by Gasteiger charge is -2.22. The Hall–Kier alpha value is -0.980. The van der Waals surface area contributed by atoms with Gasteiger partial charge in [0.2, 0.25) is 10.0 Å². The van der Waals surface area contributed by atoms with E-state index in [1.54, 1.807) is 6.20 Å². The molecule has 0 radical (unpaired) electrons. The van der Waals surface area contributed by atoms with Gasteiger partial charge >= 0.3 is 0 Å². The Morgan fingerprint density at radius 1 is 1.50 bits per heavy atom. The monoisotopic (exact) mass is 270 g/mol. The summed E-state index contributed by atoms with van der Waals surface area (Å²) in [6.07, 6.45) is 4.84. The van der Waals surface area contributed by atoms with Gasteiger partial charge in [0.25, 0.3) is 0 Å². The van der Waals surface area contributed by atoms with Gasteiger partial charge in [-0.3, -0.25) is 4.98 Å². The maximum Gasteiger partial charge on any atom is 0.211 e. The summed E-state index contributed by atoms with van der Waals surface area (Å²) in [6.45, 7) is 1.45. The zero-order chi connectivity index (χ0) is 13.0. The van der Waals surface area contributed by atoms with Gasteiger partial charge in [0.05, 0.1) is 24.6 Å². The van der Waals surface area contributed by atoms with E-state index in [9.17, 15) is 8.42 Å². The molecule has 0 bridgehead atoms. The van der Waals surface area contributed by atoms with Gasteiger partial charge in [-0.05, 0) is 25.0 Å². The molecule has 1 unspecified atom stereocenters. The molecule has 0 saturated carbocycles. The third-order valence-corrected chi connectivity index (χ3v) is 4.18. The predicted molar refractivity (Wildman–Crippen MR) is 68.5 cm³/mol. The number of rotatable bonds is 5. The second kappa shape index (κ2) is 5.77. The van der Waals surface area contributed by atoms with Gasteiger partial charge in [0.1, 0.15) is 0 Å². The van der Waals surface area contributed by atoms with Crippen LogP contribution in [0.3, 0.4) is 0 Å². The molecular weight excluding hydrogens is 252 g/mol. The Morgan fingerprint density at radius 3 is 2.89 bits per heavy atom. The molecule has 2 rings (SSSR count). The summed E-state index contributed by atoms with van der Waals surface area (Å²) in [4.78, 5) is 4.16. The Kier molecular flexibility index (Phi) is 4.31. The second-order valence-electron chi connectivity index (χ2n) is 4.51. The molecule has 0 N–H and O–H groups in total. The van der Waals surface area contributed by atoms with Crippen molar-refractivity contribution < 1.29 is 13.2 Å². The lowest BCUT2D eigenvalue weighted by molar-refractivity contribution is 0.0925. The molecule has 5 nitrogen and oxygen atoms in total. The average molecular weight is 270 g/mol. The van der Waals surface area contributed by atoms with Crippen LogP contribution < -0.4 is 0 Å². The summed E-state index contributed by atoms with van der Waals surface area (Å²) in [5, 5.41) is 0. The molecule has 1 aliphatic heterocycles. The minimum atomic E-state index is -3.24. The highest BCUT2D eigenvalue weighted by Gasteiger charge is 2.24. The predicted octanol–water partition coefficient (Wildman–Crippen LogP) is 1.02. The number of hydrogen-bond donors (Lipinski definition) is 0. The van der Waals surface area contributed by atoms with Crippen LogP contribution in [0.1, 0.15) is 18.5 Å². The van der Waals surface area contributed by atoms with Crippen molar-refractivity contribution >= 4 is 10.0 Å². The minimum Gasteiger partial charge on any atom is -0.377 e. The smallest absolute Gasteiger partial charge is 0.211 e. The molecule has 1 aromatic rings. The minimum absolute atomic E-state index is 0.0171. The van der Waals surface area contributed by atoms with Gasteiger partial charge in [0.15, 0.2) is 0 Å². The number of aromatic nitrogens is 1. The van der Waals surface area contributed by atoms with Crippen molar-refractivity contribution in [3.63, 3.8) is 0 Å². The van der Waals surface area contributed by atoms with Crippen LogP contribution in [0.25, 0.3) is 0 Å². The first-order valence-corrected chi connectivity index (χ1v) is 7.87. The second-order valence-corrected chi connectivity index (χ2v) is 6.49. The third kappa shape index (κ3) is 3.76. The van der Waals surface area contributed by atoms with Crippen LogP contribution in [0, 0.1) is 0 Å². The van der Waals surface area contributed by atoms with E-state index in [-0.39, 0.29) is 6.10 Å². The van der Waals surface area contributed by atoms with E-state index >= 15 is 0 Å². The van der Waals surface area contributed by atoms with Crippen molar-refractivity contribution in [2.24, 2.45) is 0 Å². The average Bonchev–Trinajstić information content (AvgIpc) is 2.81. The summed E-state index contributed by atoms with van der Waals surface area (Å²) in [6, 6.07) is 5.50. The molecule has 0 amide bonds. The maximum atomic E-state index is 11.8. The summed E-state index contributed by atoms with van der Waals surface area (Å²) in [5.41, 5.74) is 0.751.